The first-order chi connectivity index (χ1) is 9.14. The van der Waals surface area contributed by atoms with E-state index in [9.17, 15) is 0 Å². The molecule has 108 valence electrons. The van der Waals surface area contributed by atoms with Gasteiger partial charge in [-0.1, -0.05) is 62.9 Å². The lowest BCUT2D eigenvalue weighted by Crippen LogP contribution is -2.40. The SMILES string of the molecule is CCCCCCCNC(C)(C)CCc1ccccc1. The van der Waals surface area contributed by atoms with E-state index in [1.165, 1.54) is 44.1 Å². The normalized spacial score (nSPS) is 11.7. The molecule has 0 atom stereocenters. The predicted molar refractivity (Wildman–Crippen MR) is 85.6 cm³/mol. The van der Waals surface area contributed by atoms with E-state index in [-0.39, 0.29) is 5.54 Å². The summed E-state index contributed by atoms with van der Waals surface area (Å²) in [5.41, 5.74) is 1.70. The first-order valence-electron chi connectivity index (χ1n) is 7.93. The quantitative estimate of drug-likeness (QED) is 0.587. The third kappa shape index (κ3) is 8.05. The van der Waals surface area contributed by atoms with Crippen molar-refractivity contribution in [2.45, 2.75) is 71.3 Å². The first-order valence-corrected chi connectivity index (χ1v) is 7.93. The van der Waals surface area contributed by atoms with Gasteiger partial charge in [0.1, 0.15) is 0 Å². The molecule has 0 unspecified atom stereocenters. The second-order valence-electron chi connectivity index (χ2n) is 6.21. The third-order valence-corrected chi connectivity index (χ3v) is 3.77. The predicted octanol–water partition coefficient (Wildman–Crippen LogP) is 4.96. The summed E-state index contributed by atoms with van der Waals surface area (Å²) in [6.45, 7) is 8.07. The summed E-state index contributed by atoms with van der Waals surface area (Å²) in [5, 5.41) is 3.71. The molecule has 0 heterocycles. The van der Waals surface area contributed by atoms with E-state index in [1.54, 1.807) is 0 Å². The molecule has 1 N–H and O–H groups in total. The molecule has 0 aliphatic carbocycles. The number of benzene rings is 1. The Morgan fingerprint density at radius 1 is 0.947 bits per heavy atom. The molecule has 0 saturated carbocycles. The van der Waals surface area contributed by atoms with E-state index in [0.29, 0.717) is 0 Å². The van der Waals surface area contributed by atoms with Gasteiger partial charge >= 0.3 is 0 Å². The van der Waals surface area contributed by atoms with Gasteiger partial charge in [-0.2, -0.15) is 0 Å². The standard InChI is InChI=1S/C18H31N/c1-4-5-6-7-11-16-19-18(2,3)15-14-17-12-9-8-10-13-17/h8-10,12-13,19H,4-7,11,14-16H2,1-3H3. The maximum absolute atomic E-state index is 3.71. The molecule has 0 aliphatic rings. The smallest absolute Gasteiger partial charge is 0.0128 e. The van der Waals surface area contributed by atoms with Crippen molar-refractivity contribution < 1.29 is 0 Å². The second-order valence-corrected chi connectivity index (χ2v) is 6.21. The summed E-state index contributed by atoms with van der Waals surface area (Å²) in [6.07, 6.45) is 9.16. The number of rotatable bonds is 10. The van der Waals surface area contributed by atoms with Crippen LogP contribution in [0.5, 0.6) is 0 Å². The molecule has 0 aliphatic heterocycles. The molecule has 0 saturated heterocycles. The summed E-state index contributed by atoms with van der Waals surface area (Å²) < 4.78 is 0. The zero-order valence-electron chi connectivity index (χ0n) is 13.0. The minimum absolute atomic E-state index is 0.251. The zero-order chi connectivity index (χ0) is 14.0. The van der Waals surface area contributed by atoms with Crippen LogP contribution in [0.1, 0.15) is 64.9 Å². The lowest BCUT2D eigenvalue weighted by Gasteiger charge is -2.26. The Hall–Kier alpha value is -0.820. The van der Waals surface area contributed by atoms with Gasteiger partial charge < -0.3 is 5.32 Å². The van der Waals surface area contributed by atoms with Crippen LogP contribution in [0.3, 0.4) is 0 Å². The summed E-state index contributed by atoms with van der Waals surface area (Å²) >= 11 is 0. The molecule has 0 aromatic heterocycles. The molecule has 1 heteroatoms. The van der Waals surface area contributed by atoms with E-state index in [0.717, 1.165) is 13.0 Å². The van der Waals surface area contributed by atoms with E-state index in [2.05, 4.69) is 56.4 Å². The number of nitrogens with one attached hydrogen (secondary N) is 1. The Kier molecular flexibility index (Phi) is 7.81. The van der Waals surface area contributed by atoms with Crippen molar-refractivity contribution >= 4 is 0 Å². The number of aryl methyl sites for hydroxylation is 1. The van der Waals surface area contributed by atoms with Crippen molar-refractivity contribution in [1.82, 2.24) is 5.32 Å². The molecule has 0 bridgehead atoms. The summed E-state index contributed by atoms with van der Waals surface area (Å²) in [5.74, 6) is 0. The Morgan fingerprint density at radius 2 is 1.63 bits per heavy atom. The van der Waals surface area contributed by atoms with E-state index in [1.807, 2.05) is 0 Å². The van der Waals surface area contributed by atoms with E-state index in [4.69, 9.17) is 0 Å². The van der Waals surface area contributed by atoms with Gasteiger partial charge in [0.15, 0.2) is 0 Å². The third-order valence-electron chi connectivity index (χ3n) is 3.77. The highest BCUT2D eigenvalue weighted by Gasteiger charge is 2.15. The van der Waals surface area contributed by atoms with Crippen molar-refractivity contribution in [3.63, 3.8) is 0 Å². The molecule has 0 fully saturated rings. The molecule has 1 aromatic carbocycles. The van der Waals surface area contributed by atoms with Crippen LogP contribution in [0, 0.1) is 0 Å². The summed E-state index contributed by atoms with van der Waals surface area (Å²) in [4.78, 5) is 0. The lowest BCUT2D eigenvalue weighted by atomic mass is 9.95. The van der Waals surface area contributed by atoms with Crippen molar-refractivity contribution in [3.8, 4) is 0 Å². The van der Waals surface area contributed by atoms with Crippen LogP contribution < -0.4 is 5.32 Å². The molecule has 1 aromatic rings. The van der Waals surface area contributed by atoms with Crippen molar-refractivity contribution in [2.75, 3.05) is 6.54 Å². The van der Waals surface area contributed by atoms with Crippen LogP contribution in [0.2, 0.25) is 0 Å². The van der Waals surface area contributed by atoms with Gasteiger partial charge in [-0.15, -0.1) is 0 Å². The Balaban J connectivity index is 2.13. The van der Waals surface area contributed by atoms with Crippen molar-refractivity contribution in [2.24, 2.45) is 0 Å². The van der Waals surface area contributed by atoms with E-state index < -0.39 is 0 Å². The molecule has 0 amide bonds. The topological polar surface area (TPSA) is 12.0 Å². The van der Waals surface area contributed by atoms with Gasteiger partial charge in [0.05, 0.1) is 0 Å². The molecule has 0 radical (unpaired) electrons. The van der Waals surface area contributed by atoms with Gasteiger partial charge in [0.25, 0.3) is 0 Å². The number of hydrogen-bond acceptors (Lipinski definition) is 1. The maximum Gasteiger partial charge on any atom is 0.0128 e. The Labute approximate surface area is 119 Å². The van der Waals surface area contributed by atoms with Gasteiger partial charge in [0.2, 0.25) is 0 Å². The van der Waals surface area contributed by atoms with Gasteiger partial charge in [-0.05, 0) is 45.2 Å². The molecule has 19 heavy (non-hydrogen) atoms. The molecule has 1 nitrogen and oxygen atoms in total. The molecule has 0 spiro atoms. The van der Waals surface area contributed by atoms with Crippen LogP contribution in [0.15, 0.2) is 30.3 Å². The van der Waals surface area contributed by atoms with E-state index >= 15 is 0 Å². The zero-order valence-corrected chi connectivity index (χ0v) is 13.0. The average molecular weight is 261 g/mol. The molecule has 1 rings (SSSR count). The fourth-order valence-corrected chi connectivity index (χ4v) is 2.35. The minimum atomic E-state index is 0.251. The van der Waals surface area contributed by atoms with Crippen LogP contribution in [-0.4, -0.2) is 12.1 Å². The lowest BCUT2D eigenvalue weighted by molar-refractivity contribution is 0.357. The van der Waals surface area contributed by atoms with Crippen molar-refractivity contribution in [3.05, 3.63) is 35.9 Å². The van der Waals surface area contributed by atoms with Gasteiger partial charge in [0, 0.05) is 5.54 Å². The summed E-state index contributed by atoms with van der Waals surface area (Å²) in [6, 6.07) is 10.8. The number of unbranched alkanes of at least 4 members (excludes halogenated alkanes) is 4. The monoisotopic (exact) mass is 261 g/mol. The van der Waals surface area contributed by atoms with Crippen LogP contribution >= 0.6 is 0 Å². The van der Waals surface area contributed by atoms with Crippen LogP contribution in [-0.2, 0) is 6.42 Å². The summed E-state index contributed by atoms with van der Waals surface area (Å²) in [7, 11) is 0. The second kappa shape index (κ2) is 9.14. The number of hydrogen-bond donors (Lipinski definition) is 1. The first kappa shape index (κ1) is 16.2. The van der Waals surface area contributed by atoms with Gasteiger partial charge in [-0.3, -0.25) is 0 Å². The fraction of sp³-hybridized carbons (Fsp3) is 0.667. The molecular formula is C18H31N. The largest absolute Gasteiger partial charge is 0.312 e. The highest BCUT2D eigenvalue weighted by Crippen LogP contribution is 2.14. The minimum Gasteiger partial charge on any atom is -0.312 e. The Bertz CT molecular complexity index is 316. The fourth-order valence-electron chi connectivity index (χ4n) is 2.35. The Morgan fingerprint density at radius 3 is 2.32 bits per heavy atom. The van der Waals surface area contributed by atoms with Crippen molar-refractivity contribution in [1.29, 1.82) is 0 Å². The average Bonchev–Trinajstić information content (AvgIpc) is 2.42. The highest BCUT2D eigenvalue weighted by molar-refractivity contribution is 5.15. The maximum atomic E-state index is 3.71. The highest BCUT2D eigenvalue weighted by atomic mass is 14.9. The van der Waals surface area contributed by atoms with Crippen LogP contribution in [0.4, 0.5) is 0 Å². The molecular weight excluding hydrogens is 230 g/mol. The van der Waals surface area contributed by atoms with Crippen LogP contribution in [0.25, 0.3) is 0 Å². The van der Waals surface area contributed by atoms with Gasteiger partial charge in [-0.25, -0.2) is 0 Å².